The van der Waals surface area contributed by atoms with Gasteiger partial charge in [0.1, 0.15) is 0 Å². The highest BCUT2D eigenvalue weighted by Crippen LogP contribution is 2.30. The van der Waals surface area contributed by atoms with Gasteiger partial charge in [-0.05, 0) is 62.2 Å². The summed E-state index contributed by atoms with van der Waals surface area (Å²) in [6.45, 7) is 1.50. The monoisotopic (exact) mass is 471 g/mol. The molecular formula is C23H20F3N5O3. The minimum absolute atomic E-state index is 0.0567. The number of benzene rings is 2. The van der Waals surface area contributed by atoms with E-state index in [-0.39, 0.29) is 23.5 Å². The van der Waals surface area contributed by atoms with Gasteiger partial charge in [0.15, 0.2) is 5.69 Å². The maximum Gasteiger partial charge on any atom is 0.416 e. The number of anilines is 2. The molecule has 1 aliphatic rings. The topological polar surface area (TPSA) is 105 Å². The number of amides is 3. The number of hydrogen-bond acceptors (Lipinski definition) is 4. The highest BCUT2D eigenvalue weighted by Gasteiger charge is 2.30. The van der Waals surface area contributed by atoms with Gasteiger partial charge in [-0.15, -0.1) is 0 Å². The molecule has 0 unspecified atom stereocenters. The van der Waals surface area contributed by atoms with Crippen LogP contribution in [-0.4, -0.2) is 27.8 Å². The summed E-state index contributed by atoms with van der Waals surface area (Å²) < 4.78 is 40.4. The van der Waals surface area contributed by atoms with Crippen molar-refractivity contribution in [3.63, 3.8) is 0 Å². The van der Waals surface area contributed by atoms with Gasteiger partial charge >= 0.3 is 12.2 Å². The molecule has 1 aliphatic carbocycles. The third-order valence-electron chi connectivity index (χ3n) is 5.05. The van der Waals surface area contributed by atoms with Gasteiger partial charge in [-0.1, -0.05) is 6.07 Å². The standard InChI is InChI=1S/C23H20F3N5O3/c1-13-11-19(32)20(30-31(13)18-4-2-3-14(12-18)23(24,25)26)21(33)27-15-5-7-16(8-6-15)28-22(34)29-17-9-10-17/h2-8,11-12,17H,9-10H2,1H3,(H,27,33)(H2,28,29,34). The molecule has 0 spiro atoms. The van der Waals surface area contributed by atoms with Gasteiger partial charge in [-0.25, -0.2) is 9.48 Å². The number of aryl methyl sites for hydroxylation is 1. The van der Waals surface area contributed by atoms with E-state index in [1.807, 2.05) is 0 Å². The summed E-state index contributed by atoms with van der Waals surface area (Å²) in [5, 5.41) is 12.0. The fourth-order valence-electron chi connectivity index (χ4n) is 3.19. The minimum Gasteiger partial charge on any atom is -0.335 e. The predicted molar refractivity (Wildman–Crippen MR) is 119 cm³/mol. The summed E-state index contributed by atoms with van der Waals surface area (Å²) in [5.41, 5.74) is -0.859. The number of nitrogens with one attached hydrogen (secondary N) is 3. The lowest BCUT2D eigenvalue weighted by Crippen LogP contribution is -2.30. The Labute approximate surface area is 191 Å². The number of aromatic nitrogens is 2. The molecule has 11 heteroatoms. The van der Waals surface area contributed by atoms with Crippen LogP contribution in [0.15, 0.2) is 59.4 Å². The number of urea groups is 1. The summed E-state index contributed by atoms with van der Waals surface area (Å²) in [6.07, 6.45) is -2.63. The largest absolute Gasteiger partial charge is 0.416 e. The molecule has 1 aromatic heterocycles. The number of carbonyl (C=O) groups excluding carboxylic acids is 2. The van der Waals surface area contributed by atoms with E-state index < -0.39 is 28.8 Å². The molecule has 1 heterocycles. The second-order valence-corrected chi connectivity index (χ2v) is 7.86. The second-order valence-electron chi connectivity index (χ2n) is 7.86. The molecule has 0 radical (unpaired) electrons. The average Bonchev–Trinajstić information content (AvgIpc) is 3.58. The zero-order valence-corrected chi connectivity index (χ0v) is 17.9. The summed E-state index contributed by atoms with van der Waals surface area (Å²) in [4.78, 5) is 36.9. The summed E-state index contributed by atoms with van der Waals surface area (Å²) in [7, 11) is 0. The predicted octanol–water partition coefficient (Wildman–Crippen LogP) is 4.10. The highest BCUT2D eigenvalue weighted by atomic mass is 19.4. The smallest absolute Gasteiger partial charge is 0.335 e. The van der Waals surface area contributed by atoms with Crippen LogP contribution in [0.2, 0.25) is 0 Å². The van der Waals surface area contributed by atoms with Crippen LogP contribution in [0.3, 0.4) is 0 Å². The van der Waals surface area contributed by atoms with Gasteiger partial charge in [-0.3, -0.25) is 9.59 Å². The van der Waals surface area contributed by atoms with E-state index in [9.17, 15) is 27.6 Å². The van der Waals surface area contributed by atoms with Gasteiger partial charge in [0.2, 0.25) is 5.43 Å². The number of rotatable bonds is 5. The SMILES string of the molecule is Cc1cc(=O)c(C(=O)Nc2ccc(NC(=O)NC3CC3)cc2)nn1-c1cccc(C(F)(F)F)c1. The molecule has 0 aliphatic heterocycles. The van der Waals surface area contributed by atoms with E-state index in [0.717, 1.165) is 35.7 Å². The van der Waals surface area contributed by atoms with E-state index >= 15 is 0 Å². The number of hydrogen-bond donors (Lipinski definition) is 3. The minimum atomic E-state index is -4.55. The van der Waals surface area contributed by atoms with Crippen molar-refractivity contribution in [3.05, 3.63) is 81.8 Å². The first-order valence-electron chi connectivity index (χ1n) is 10.4. The lowest BCUT2D eigenvalue weighted by atomic mass is 10.2. The van der Waals surface area contributed by atoms with E-state index in [1.54, 1.807) is 12.1 Å². The molecule has 176 valence electrons. The van der Waals surface area contributed by atoms with E-state index in [2.05, 4.69) is 21.0 Å². The van der Waals surface area contributed by atoms with Crippen molar-refractivity contribution in [2.24, 2.45) is 0 Å². The number of halogens is 3. The van der Waals surface area contributed by atoms with Gasteiger partial charge in [0, 0.05) is 29.2 Å². The van der Waals surface area contributed by atoms with Crippen LogP contribution in [0.4, 0.5) is 29.3 Å². The van der Waals surface area contributed by atoms with Crippen molar-refractivity contribution in [3.8, 4) is 5.69 Å². The van der Waals surface area contributed by atoms with Crippen LogP contribution < -0.4 is 21.4 Å². The first kappa shape index (κ1) is 23.0. The first-order chi connectivity index (χ1) is 16.1. The molecular weight excluding hydrogens is 451 g/mol. The molecule has 3 aromatic rings. The Morgan fingerprint density at radius 1 is 1.00 bits per heavy atom. The molecule has 4 rings (SSSR count). The van der Waals surface area contributed by atoms with Crippen molar-refractivity contribution >= 4 is 23.3 Å². The molecule has 1 saturated carbocycles. The van der Waals surface area contributed by atoms with Crippen molar-refractivity contribution in [2.75, 3.05) is 10.6 Å². The Kier molecular flexibility index (Phi) is 6.10. The fraction of sp³-hybridized carbons (Fsp3) is 0.217. The third kappa shape index (κ3) is 5.42. The van der Waals surface area contributed by atoms with Gasteiger partial charge in [0.05, 0.1) is 11.3 Å². The Morgan fingerprint density at radius 2 is 1.65 bits per heavy atom. The van der Waals surface area contributed by atoms with Crippen LogP contribution in [0.25, 0.3) is 5.69 Å². The first-order valence-corrected chi connectivity index (χ1v) is 10.4. The zero-order chi connectivity index (χ0) is 24.5. The van der Waals surface area contributed by atoms with Crippen LogP contribution >= 0.6 is 0 Å². The molecule has 1 fully saturated rings. The van der Waals surface area contributed by atoms with Crippen LogP contribution in [0.5, 0.6) is 0 Å². The van der Waals surface area contributed by atoms with E-state index in [4.69, 9.17) is 0 Å². The van der Waals surface area contributed by atoms with Gasteiger partial charge in [0.25, 0.3) is 5.91 Å². The lowest BCUT2D eigenvalue weighted by molar-refractivity contribution is -0.137. The zero-order valence-electron chi connectivity index (χ0n) is 17.9. The van der Waals surface area contributed by atoms with Gasteiger partial charge < -0.3 is 16.0 Å². The van der Waals surface area contributed by atoms with Crippen LogP contribution in [-0.2, 0) is 6.18 Å². The van der Waals surface area contributed by atoms with Crippen molar-refractivity contribution in [1.82, 2.24) is 15.1 Å². The Bertz CT molecular complexity index is 1300. The lowest BCUT2D eigenvalue weighted by Gasteiger charge is -2.14. The summed E-state index contributed by atoms with van der Waals surface area (Å²) >= 11 is 0. The molecule has 0 bridgehead atoms. The van der Waals surface area contributed by atoms with E-state index in [0.29, 0.717) is 11.4 Å². The number of nitrogens with zero attached hydrogens (tertiary/aromatic N) is 2. The number of alkyl halides is 3. The summed E-state index contributed by atoms with van der Waals surface area (Å²) in [5.74, 6) is -0.821. The van der Waals surface area contributed by atoms with Crippen LogP contribution in [0.1, 0.15) is 34.6 Å². The van der Waals surface area contributed by atoms with Crippen LogP contribution in [0, 0.1) is 6.92 Å². The van der Waals surface area contributed by atoms with Crippen molar-refractivity contribution in [1.29, 1.82) is 0 Å². The fourth-order valence-corrected chi connectivity index (χ4v) is 3.19. The average molecular weight is 471 g/mol. The number of carbonyl (C=O) groups is 2. The summed E-state index contributed by atoms with van der Waals surface area (Å²) in [6, 6.07) is 11.7. The Hall–Kier alpha value is -4.15. The molecule has 0 saturated heterocycles. The molecule has 3 amide bonds. The Morgan fingerprint density at radius 3 is 2.26 bits per heavy atom. The highest BCUT2D eigenvalue weighted by molar-refractivity contribution is 6.02. The quantitative estimate of drug-likeness (QED) is 0.521. The van der Waals surface area contributed by atoms with Crippen molar-refractivity contribution in [2.45, 2.75) is 32.0 Å². The molecule has 3 N–H and O–H groups in total. The van der Waals surface area contributed by atoms with E-state index in [1.165, 1.54) is 31.2 Å². The van der Waals surface area contributed by atoms with Gasteiger partial charge in [-0.2, -0.15) is 18.3 Å². The maximum atomic E-state index is 13.1. The Balaban J connectivity index is 1.52. The molecule has 0 atom stereocenters. The normalized spacial score (nSPS) is 13.3. The van der Waals surface area contributed by atoms with Crippen molar-refractivity contribution < 1.29 is 22.8 Å². The maximum absolute atomic E-state index is 13.1. The molecule has 8 nitrogen and oxygen atoms in total. The molecule has 34 heavy (non-hydrogen) atoms. The third-order valence-corrected chi connectivity index (χ3v) is 5.05. The second kappa shape index (κ2) is 9.00. The molecule has 2 aromatic carbocycles.